The van der Waals surface area contributed by atoms with E-state index >= 15 is 0 Å². The maximum Gasteiger partial charge on any atom is 0.146 e. The Labute approximate surface area is 106 Å². The van der Waals surface area contributed by atoms with Crippen molar-refractivity contribution in [3.05, 3.63) is 22.9 Å². The first-order chi connectivity index (χ1) is 8.72. The summed E-state index contributed by atoms with van der Waals surface area (Å²) >= 11 is 0. The number of aliphatic hydroxyl groups excluding tert-OH is 1. The van der Waals surface area contributed by atoms with Crippen molar-refractivity contribution < 1.29 is 5.11 Å². The normalized spacial score (nSPS) is 13.8. The third kappa shape index (κ3) is 2.13. The van der Waals surface area contributed by atoms with Gasteiger partial charge in [-0.15, -0.1) is 0 Å². The predicted molar refractivity (Wildman–Crippen MR) is 66.0 cm³/mol. The fourth-order valence-corrected chi connectivity index (χ4v) is 2.06. The Bertz CT molecular complexity index is 537. The maximum absolute atomic E-state index is 9.32. The number of hydrogen-bond donors (Lipinski definition) is 1. The highest BCUT2D eigenvalue weighted by Gasteiger charge is 2.31. The van der Waals surface area contributed by atoms with Crippen LogP contribution in [0.25, 0.3) is 0 Å². The van der Waals surface area contributed by atoms with Crippen LogP contribution in [0.3, 0.4) is 0 Å². The Morgan fingerprint density at radius 2 is 2.17 bits per heavy atom. The summed E-state index contributed by atoms with van der Waals surface area (Å²) in [5, 5.41) is 27.4. The standard InChI is InChI=1S/C13H14N4O/c1-17(4-5-18)13-11(7-15)12(9-2-3-9)10(6-14)8-16-13/h8-9,18H,2-5H2,1H3. The fraction of sp³-hybridized carbons (Fsp3) is 0.462. The number of aromatic nitrogens is 1. The molecule has 1 N–H and O–H groups in total. The van der Waals surface area contributed by atoms with E-state index in [0.717, 1.165) is 18.4 Å². The van der Waals surface area contributed by atoms with Crippen molar-refractivity contribution in [3.63, 3.8) is 0 Å². The molecule has 1 saturated carbocycles. The van der Waals surface area contributed by atoms with Crippen LogP contribution in [0.1, 0.15) is 35.4 Å². The lowest BCUT2D eigenvalue weighted by Crippen LogP contribution is -2.24. The molecule has 5 nitrogen and oxygen atoms in total. The average Bonchev–Trinajstić information content (AvgIpc) is 3.21. The molecule has 18 heavy (non-hydrogen) atoms. The van der Waals surface area contributed by atoms with Gasteiger partial charge in [-0.05, 0) is 24.3 Å². The Morgan fingerprint density at radius 1 is 1.44 bits per heavy atom. The van der Waals surface area contributed by atoms with Crippen LogP contribution in [0.5, 0.6) is 0 Å². The third-order valence-electron chi connectivity index (χ3n) is 3.11. The molecule has 0 radical (unpaired) electrons. The Balaban J connectivity index is 2.53. The van der Waals surface area contributed by atoms with Gasteiger partial charge in [-0.1, -0.05) is 0 Å². The van der Waals surface area contributed by atoms with E-state index in [1.165, 1.54) is 6.20 Å². The minimum Gasteiger partial charge on any atom is -0.395 e. The highest BCUT2D eigenvalue weighted by atomic mass is 16.3. The molecule has 0 unspecified atom stereocenters. The average molecular weight is 242 g/mol. The quantitative estimate of drug-likeness (QED) is 0.855. The molecule has 5 heteroatoms. The second-order valence-corrected chi connectivity index (χ2v) is 4.43. The predicted octanol–water partition coefficient (Wildman–Crippen LogP) is 1.13. The lowest BCUT2D eigenvalue weighted by Gasteiger charge is -2.19. The van der Waals surface area contributed by atoms with Crippen LogP contribution in [0.15, 0.2) is 6.20 Å². The van der Waals surface area contributed by atoms with Crippen LogP contribution >= 0.6 is 0 Å². The van der Waals surface area contributed by atoms with E-state index in [-0.39, 0.29) is 6.61 Å². The van der Waals surface area contributed by atoms with Crippen molar-refractivity contribution in [2.75, 3.05) is 25.1 Å². The number of nitrogens with zero attached hydrogens (tertiary/aromatic N) is 4. The third-order valence-corrected chi connectivity index (χ3v) is 3.11. The monoisotopic (exact) mass is 242 g/mol. The van der Waals surface area contributed by atoms with Crippen molar-refractivity contribution in [1.82, 2.24) is 4.98 Å². The number of aliphatic hydroxyl groups is 1. The Hall–Kier alpha value is -2.11. The zero-order chi connectivity index (χ0) is 13.1. The lowest BCUT2D eigenvalue weighted by atomic mass is 10.00. The van der Waals surface area contributed by atoms with Crippen molar-refractivity contribution in [3.8, 4) is 12.1 Å². The van der Waals surface area contributed by atoms with Gasteiger partial charge in [0.2, 0.25) is 0 Å². The molecule has 0 atom stereocenters. The summed E-state index contributed by atoms with van der Waals surface area (Å²) in [6.07, 6.45) is 3.57. The molecule has 1 aromatic rings. The minimum atomic E-state index is 0.00180. The first-order valence-electron chi connectivity index (χ1n) is 5.88. The molecule has 0 amide bonds. The number of likely N-dealkylation sites (N-methyl/N-ethyl adjacent to an activating group) is 1. The van der Waals surface area contributed by atoms with Crippen molar-refractivity contribution in [2.45, 2.75) is 18.8 Å². The van der Waals surface area contributed by atoms with Crippen molar-refractivity contribution >= 4 is 5.82 Å². The van der Waals surface area contributed by atoms with Gasteiger partial charge < -0.3 is 10.0 Å². The van der Waals surface area contributed by atoms with Gasteiger partial charge in [0.25, 0.3) is 0 Å². The van der Waals surface area contributed by atoms with Gasteiger partial charge in [0.05, 0.1) is 17.7 Å². The highest BCUT2D eigenvalue weighted by Crippen LogP contribution is 2.44. The van der Waals surface area contributed by atoms with E-state index in [2.05, 4.69) is 17.1 Å². The van der Waals surface area contributed by atoms with Gasteiger partial charge in [0.15, 0.2) is 0 Å². The van der Waals surface area contributed by atoms with Gasteiger partial charge in [-0.3, -0.25) is 0 Å². The molecule has 0 aromatic carbocycles. The zero-order valence-corrected chi connectivity index (χ0v) is 10.2. The number of hydrogen-bond acceptors (Lipinski definition) is 5. The first-order valence-corrected chi connectivity index (χ1v) is 5.88. The zero-order valence-electron chi connectivity index (χ0n) is 10.2. The molecule has 1 heterocycles. The molecule has 1 aliphatic carbocycles. The second kappa shape index (κ2) is 5.03. The largest absolute Gasteiger partial charge is 0.395 e. The maximum atomic E-state index is 9.32. The van der Waals surface area contributed by atoms with Crippen molar-refractivity contribution in [1.29, 1.82) is 10.5 Å². The van der Waals surface area contributed by atoms with E-state index in [9.17, 15) is 5.26 Å². The topological polar surface area (TPSA) is 83.9 Å². The molecule has 0 saturated heterocycles. The fourth-order valence-electron chi connectivity index (χ4n) is 2.06. The minimum absolute atomic E-state index is 0.00180. The Kier molecular flexibility index (Phi) is 3.45. The second-order valence-electron chi connectivity index (χ2n) is 4.43. The van der Waals surface area contributed by atoms with Crippen LogP contribution in [-0.4, -0.2) is 30.3 Å². The molecular formula is C13H14N4O. The highest BCUT2D eigenvalue weighted by molar-refractivity contribution is 5.63. The summed E-state index contributed by atoms with van der Waals surface area (Å²) < 4.78 is 0. The lowest BCUT2D eigenvalue weighted by molar-refractivity contribution is 0.304. The van der Waals surface area contributed by atoms with Gasteiger partial charge in [-0.25, -0.2) is 4.98 Å². The molecule has 1 fully saturated rings. The summed E-state index contributed by atoms with van der Waals surface area (Å²) in [5.74, 6) is 0.867. The molecule has 1 aliphatic rings. The summed E-state index contributed by atoms with van der Waals surface area (Å²) in [5.41, 5.74) is 1.80. The van der Waals surface area contributed by atoms with Crippen LogP contribution < -0.4 is 4.90 Å². The van der Waals surface area contributed by atoms with Gasteiger partial charge >= 0.3 is 0 Å². The van der Waals surface area contributed by atoms with E-state index in [1.54, 1.807) is 11.9 Å². The van der Waals surface area contributed by atoms with Crippen molar-refractivity contribution in [2.24, 2.45) is 0 Å². The summed E-state index contributed by atoms with van der Waals surface area (Å²) in [6.45, 7) is 0.416. The van der Waals surface area contributed by atoms with E-state index in [4.69, 9.17) is 10.4 Å². The molecule has 2 rings (SSSR count). The van der Waals surface area contributed by atoms with Gasteiger partial charge in [-0.2, -0.15) is 10.5 Å². The smallest absolute Gasteiger partial charge is 0.146 e. The number of nitriles is 2. The molecular weight excluding hydrogens is 228 g/mol. The van der Waals surface area contributed by atoms with E-state index in [0.29, 0.717) is 29.4 Å². The molecule has 0 bridgehead atoms. The van der Waals surface area contributed by atoms with Crippen LogP contribution in [0, 0.1) is 22.7 Å². The summed E-state index contributed by atoms with van der Waals surface area (Å²) in [7, 11) is 1.78. The Morgan fingerprint density at radius 3 is 2.67 bits per heavy atom. The summed E-state index contributed by atoms with van der Waals surface area (Å²) in [6, 6.07) is 4.27. The van der Waals surface area contributed by atoms with Crippen LogP contribution in [-0.2, 0) is 0 Å². The van der Waals surface area contributed by atoms with E-state index in [1.807, 2.05) is 0 Å². The van der Waals surface area contributed by atoms with Gasteiger partial charge in [0, 0.05) is 19.8 Å². The SMILES string of the molecule is CN(CCO)c1ncc(C#N)c(C2CC2)c1C#N. The molecule has 1 aromatic heterocycles. The first kappa shape index (κ1) is 12.3. The summed E-state index contributed by atoms with van der Waals surface area (Å²) in [4.78, 5) is 5.92. The molecule has 0 spiro atoms. The molecule has 0 aliphatic heterocycles. The number of anilines is 1. The number of pyridine rings is 1. The number of rotatable bonds is 4. The van der Waals surface area contributed by atoms with Crippen LogP contribution in [0.4, 0.5) is 5.82 Å². The molecule has 92 valence electrons. The van der Waals surface area contributed by atoms with Crippen LogP contribution in [0.2, 0.25) is 0 Å². The van der Waals surface area contributed by atoms with E-state index < -0.39 is 0 Å². The van der Waals surface area contributed by atoms with Gasteiger partial charge in [0.1, 0.15) is 18.0 Å².